The lowest BCUT2D eigenvalue weighted by Gasteiger charge is -2.47. The van der Waals surface area contributed by atoms with Crippen LogP contribution in [0.25, 0.3) is 0 Å². The Morgan fingerprint density at radius 1 is 0.385 bits per heavy atom. The van der Waals surface area contributed by atoms with Crippen LogP contribution in [0.3, 0.4) is 0 Å². The van der Waals surface area contributed by atoms with E-state index >= 15 is 0 Å². The van der Waals surface area contributed by atoms with E-state index in [0.29, 0.717) is 131 Å². The molecule has 2 aromatic heterocycles. The molecule has 122 heavy (non-hydrogen) atoms. The van der Waals surface area contributed by atoms with Gasteiger partial charge in [-0.1, -0.05) is 186 Å². The number of halogens is 6. The van der Waals surface area contributed by atoms with Gasteiger partial charge in [0.05, 0.1) is 38.2 Å². The lowest BCUT2D eigenvalue weighted by molar-refractivity contribution is -0.139. The Morgan fingerprint density at radius 2 is 0.746 bits per heavy atom. The van der Waals surface area contributed by atoms with Crippen molar-refractivity contribution >= 4 is 93.7 Å². The molecule has 20 rings (SSSR count). The lowest BCUT2D eigenvalue weighted by Crippen LogP contribution is -2.58. The Labute approximate surface area is 722 Å². The summed E-state index contributed by atoms with van der Waals surface area (Å²) in [6.45, 7) is 3.51. The number of nitrogens with zero attached hydrogens (tertiary/aromatic N) is 9. The van der Waals surface area contributed by atoms with E-state index < -0.39 is 28.5 Å². The average Bonchev–Trinajstić information content (AvgIpc) is 1.52. The van der Waals surface area contributed by atoms with Gasteiger partial charge in [0.15, 0.2) is 0 Å². The molecular formula is C97H79Cl4F2N9O10. The SMILES string of the molecule is COc1ccc(CC(=O)N2CCN3C(=O)c4ccccc4CC23c2ccc(Cl)cc2)cc1.O=C(Cc1ccc(F)cc1)N1CCN2C(=O)c3ccccc3CC12c1ccc(Cl)cc1.O=C(Cc1cccnc1)N1CCN2C(=O)c3ccccc3CC12c1ccc(Cl)cc1.O=C(c1ccoc1)N1CCN2C(=O)c3cccc(F)c3CC12c1ccc(Cl)cc1. The maximum atomic E-state index is 14.7. The zero-order valence-corrected chi connectivity index (χ0v) is 69.1. The molecule has 4 unspecified atom stereocenters. The lowest BCUT2D eigenvalue weighted by atomic mass is 9.83. The maximum Gasteiger partial charge on any atom is 0.259 e. The van der Waals surface area contributed by atoms with Gasteiger partial charge in [0.1, 0.15) is 46.3 Å². The van der Waals surface area contributed by atoms with Gasteiger partial charge in [0, 0.05) is 138 Å². The highest BCUT2D eigenvalue weighted by Gasteiger charge is 2.60. The fourth-order valence-corrected chi connectivity index (χ4v) is 19.4. The normalized spacial score (nSPS) is 20.0. The molecule has 8 aliphatic heterocycles. The van der Waals surface area contributed by atoms with Crippen LogP contribution in [0.2, 0.25) is 20.1 Å². The van der Waals surface area contributed by atoms with Gasteiger partial charge in [0.25, 0.3) is 29.5 Å². The summed E-state index contributed by atoms with van der Waals surface area (Å²) in [6.07, 6.45) is 8.60. The van der Waals surface area contributed by atoms with Crippen LogP contribution in [0.1, 0.15) is 113 Å². The zero-order valence-electron chi connectivity index (χ0n) is 66.0. The highest BCUT2D eigenvalue weighted by molar-refractivity contribution is 6.31. The molecular weight excluding hydrogens is 1630 g/mol. The summed E-state index contributed by atoms with van der Waals surface area (Å²) in [5.74, 6) is -0.891. The van der Waals surface area contributed by atoms with Crippen LogP contribution in [0.5, 0.6) is 5.75 Å². The predicted octanol–water partition coefficient (Wildman–Crippen LogP) is 16.5. The van der Waals surface area contributed by atoms with Crippen molar-refractivity contribution in [2.24, 2.45) is 0 Å². The summed E-state index contributed by atoms with van der Waals surface area (Å²) in [7, 11) is 1.62. The van der Waals surface area contributed by atoms with Gasteiger partial charge in [-0.15, -0.1) is 0 Å². The molecule has 8 amide bonds. The van der Waals surface area contributed by atoms with Gasteiger partial charge in [-0.25, -0.2) is 8.78 Å². The molecule has 10 heterocycles. The first-order valence-corrected chi connectivity index (χ1v) is 41.5. The van der Waals surface area contributed by atoms with Crippen molar-refractivity contribution in [2.75, 3.05) is 59.5 Å². The van der Waals surface area contributed by atoms with E-state index in [4.69, 9.17) is 55.6 Å². The van der Waals surface area contributed by atoms with Gasteiger partial charge in [-0.2, -0.15) is 0 Å². The molecule has 12 aromatic rings. The van der Waals surface area contributed by atoms with Gasteiger partial charge in [-0.3, -0.25) is 43.3 Å². The molecule has 4 atom stereocenters. The summed E-state index contributed by atoms with van der Waals surface area (Å²) >= 11 is 24.5. The average molecular weight is 1710 g/mol. The fraction of sp³-hybridized carbons (Fsp3) is 0.206. The second-order valence-electron chi connectivity index (χ2n) is 31.0. The standard InChI is InChI=1S/C26H23ClN2O3.C25H20ClFN2O2.C24H20ClN3O2.C22H16ClFN2O3/c1-32-22-12-6-18(7-13-22)16-24(30)28-14-15-29-25(31)23-5-3-2-4-19(23)17-26(28,29)20-8-10-21(27)11-9-20;26-20-9-7-19(8-10-20)25-16-18-3-1-2-4-22(18)24(31)29(25)14-13-28(25)23(30)15-17-5-11-21(27)12-6-17;25-20-9-7-19(8-10-20)24-15-18-5-1-2-6-21(18)23(30)28(24)13-12-27(24)22(29)14-17-4-3-11-26-16-17;23-16-6-4-15(5-7-16)22-12-18-17(2-1-3-19(18)24)21(28)26(22)10-9-25(22)20(27)14-8-11-29-13-14/h2-13H,14-17H2,1H3;1-12H,13-16H2;1-11,16H,12-15H2;1-8,11,13H,9-10,12H2. The van der Waals surface area contributed by atoms with E-state index in [1.165, 1.54) is 36.8 Å². The molecule has 25 heteroatoms. The van der Waals surface area contributed by atoms with Crippen LogP contribution in [0, 0.1) is 11.6 Å². The first-order chi connectivity index (χ1) is 59.1. The molecule has 19 nitrogen and oxygen atoms in total. The number of pyridine rings is 1. The number of amides is 8. The number of ether oxygens (including phenoxy) is 1. The van der Waals surface area contributed by atoms with Crippen LogP contribution < -0.4 is 4.74 Å². The number of furan rings is 1. The molecule has 0 saturated carbocycles. The van der Waals surface area contributed by atoms with E-state index in [2.05, 4.69) is 4.98 Å². The van der Waals surface area contributed by atoms with Crippen LogP contribution in [0.4, 0.5) is 8.78 Å². The maximum absolute atomic E-state index is 14.7. The van der Waals surface area contributed by atoms with Crippen molar-refractivity contribution in [1.82, 2.24) is 44.2 Å². The Bertz CT molecular complexity index is 6040. The number of hydrogen-bond donors (Lipinski definition) is 0. The Hall–Kier alpha value is -12.8. The van der Waals surface area contributed by atoms with Crippen molar-refractivity contribution in [3.63, 3.8) is 0 Å². The van der Waals surface area contributed by atoms with Crippen LogP contribution in [-0.2, 0) is 82.0 Å². The number of carbonyl (C=O) groups excluding carboxylic acids is 8. The number of methoxy groups -OCH3 is 1. The fourth-order valence-electron chi connectivity index (χ4n) is 18.9. The Morgan fingerprint density at radius 3 is 1.12 bits per heavy atom. The van der Waals surface area contributed by atoms with Crippen LogP contribution >= 0.6 is 46.4 Å². The first-order valence-electron chi connectivity index (χ1n) is 40.0. The molecule has 0 radical (unpaired) electrons. The number of aromatic nitrogens is 1. The quantitative estimate of drug-likeness (QED) is 0.113. The summed E-state index contributed by atoms with van der Waals surface area (Å²) in [5.41, 5.74) is 8.05. The van der Waals surface area contributed by atoms with Gasteiger partial charge >= 0.3 is 0 Å². The summed E-state index contributed by atoms with van der Waals surface area (Å²) in [6, 6.07) is 75.5. The van der Waals surface area contributed by atoms with E-state index in [1.54, 1.807) is 99.8 Å². The minimum Gasteiger partial charge on any atom is -0.497 e. The molecule has 614 valence electrons. The number of hydrogen-bond acceptors (Lipinski definition) is 11. The van der Waals surface area contributed by atoms with Crippen molar-refractivity contribution < 1.29 is 56.3 Å². The molecule has 4 fully saturated rings. The monoisotopic (exact) mass is 1710 g/mol. The highest BCUT2D eigenvalue weighted by Crippen LogP contribution is 2.51. The van der Waals surface area contributed by atoms with E-state index in [0.717, 1.165) is 55.8 Å². The largest absolute Gasteiger partial charge is 0.497 e. The van der Waals surface area contributed by atoms with Crippen molar-refractivity contribution in [3.8, 4) is 5.75 Å². The highest BCUT2D eigenvalue weighted by atomic mass is 35.5. The third-order valence-electron chi connectivity index (χ3n) is 24.6. The van der Waals surface area contributed by atoms with Crippen LogP contribution in [-0.4, -0.2) is 151 Å². The Balaban J connectivity index is 0.000000116. The Kier molecular flexibility index (Phi) is 22.5. The molecule has 0 bridgehead atoms. The second-order valence-corrected chi connectivity index (χ2v) is 32.8. The van der Waals surface area contributed by atoms with E-state index in [9.17, 15) is 47.1 Å². The molecule has 0 aliphatic carbocycles. The zero-order chi connectivity index (χ0) is 84.8. The van der Waals surface area contributed by atoms with Gasteiger partial charge < -0.3 is 48.4 Å². The van der Waals surface area contributed by atoms with E-state index in [-0.39, 0.29) is 78.8 Å². The van der Waals surface area contributed by atoms with Crippen LogP contribution in [0.15, 0.2) is 284 Å². The van der Waals surface area contributed by atoms with Crippen molar-refractivity contribution in [1.29, 1.82) is 0 Å². The van der Waals surface area contributed by atoms with Crippen molar-refractivity contribution in [3.05, 3.63) is 400 Å². The summed E-state index contributed by atoms with van der Waals surface area (Å²) < 4.78 is 38.3. The number of rotatable bonds is 12. The third-order valence-corrected chi connectivity index (χ3v) is 25.6. The van der Waals surface area contributed by atoms with Crippen molar-refractivity contribution in [2.45, 2.75) is 67.6 Å². The smallest absolute Gasteiger partial charge is 0.259 e. The first kappa shape index (κ1) is 81.6. The number of benzene rings is 10. The van der Waals surface area contributed by atoms with E-state index in [1.807, 2.05) is 189 Å². The summed E-state index contributed by atoms with van der Waals surface area (Å²) in [5, 5.41) is 2.37. The topological polar surface area (TPSA) is 198 Å². The second kappa shape index (κ2) is 33.7. The number of fused-ring (bicyclic) bond motifs is 8. The molecule has 4 saturated heterocycles. The predicted molar refractivity (Wildman–Crippen MR) is 457 cm³/mol. The molecule has 8 aliphatic rings. The molecule has 0 N–H and O–H groups in total. The molecule has 0 spiro atoms. The molecule has 10 aromatic carbocycles. The van der Waals surface area contributed by atoms with Gasteiger partial charge in [0.2, 0.25) is 17.7 Å². The third kappa shape index (κ3) is 14.7. The minimum atomic E-state index is -1.13. The number of carbonyl (C=O) groups is 8. The minimum absolute atomic E-state index is 0.0141. The summed E-state index contributed by atoms with van der Waals surface area (Å²) in [4.78, 5) is 126. The van der Waals surface area contributed by atoms with Gasteiger partial charge in [-0.05, 0) is 171 Å².